The highest BCUT2D eigenvalue weighted by atomic mass is 35.5. The summed E-state index contributed by atoms with van der Waals surface area (Å²) in [6, 6.07) is 31.9. The molecule has 1 heterocycles. The van der Waals surface area contributed by atoms with Crippen LogP contribution in [0.2, 0.25) is 5.02 Å². The number of amides is 1. The van der Waals surface area contributed by atoms with Crippen LogP contribution >= 0.6 is 46.9 Å². The second-order valence-corrected chi connectivity index (χ2v) is 12.1. The lowest BCUT2D eigenvalue weighted by atomic mass is 10.1. The van der Waals surface area contributed by atoms with Crippen LogP contribution in [0.1, 0.15) is 28.1 Å². The van der Waals surface area contributed by atoms with E-state index >= 15 is 0 Å². The van der Waals surface area contributed by atoms with Gasteiger partial charge in [0.05, 0.1) is 5.69 Å². The van der Waals surface area contributed by atoms with Crippen LogP contribution in [-0.2, 0) is 4.79 Å². The molecule has 0 aliphatic heterocycles. The molecule has 0 saturated heterocycles. The SMILES string of the molecule is CC(=O)c1ccc(NC(=S)Nc2cccc(SC(C(=O)Nc3nc(-c4ccc(Cl)cc4)cs3)c3ccccc3)c2)cc1. The molecule has 5 rings (SSSR count). The minimum Gasteiger partial charge on any atom is -0.332 e. The van der Waals surface area contributed by atoms with E-state index in [2.05, 4.69) is 20.9 Å². The van der Waals surface area contributed by atoms with E-state index in [1.165, 1.54) is 30.0 Å². The molecule has 42 heavy (non-hydrogen) atoms. The Bertz CT molecular complexity index is 1710. The number of anilines is 3. The molecule has 1 amide bonds. The van der Waals surface area contributed by atoms with Crippen molar-refractivity contribution in [2.75, 3.05) is 16.0 Å². The maximum atomic E-state index is 13.6. The van der Waals surface area contributed by atoms with Crippen LogP contribution in [0, 0.1) is 0 Å². The number of thiazole rings is 1. The molecule has 0 bridgehead atoms. The van der Waals surface area contributed by atoms with Crippen molar-refractivity contribution in [3.63, 3.8) is 0 Å². The standard InChI is InChI=1S/C32H25ClN4O2S3/c1-20(38)21-12-16-25(17-13-21)34-31(40)35-26-8-5-9-27(18-26)42-29(23-6-3-2-4-7-23)30(39)37-32-36-28(19-41-32)22-10-14-24(33)15-11-22/h2-19,29H,1H3,(H2,34,35,40)(H,36,37,39). The number of hydrogen-bond acceptors (Lipinski definition) is 6. The topological polar surface area (TPSA) is 83.1 Å². The number of aromatic nitrogens is 1. The van der Waals surface area contributed by atoms with Crippen molar-refractivity contribution >= 4 is 80.2 Å². The molecule has 1 unspecified atom stereocenters. The summed E-state index contributed by atoms with van der Waals surface area (Å²) in [6.45, 7) is 1.53. The molecule has 0 saturated carbocycles. The van der Waals surface area contributed by atoms with E-state index in [0.717, 1.165) is 33.1 Å². The maximum absolute atomic E-state index is 13.6. The summed E-state index contributed by atoms with van der Waals surface area (Å²) < 4.78 is 0. The molecule has 0 radical (unpaired) electrons. The Morgan fingerprint density at radius 1 is 0.857 bits per heavy atom. The van der Waals surface area contributed by atoms with Gasteiger partial charge in [0.1, 0.15) is 5.25 Å². The lowest BCUT2D eigenvalue weighted by Crippen LogP contribution is -2.19. The Balaban J connectivity index is 1.28. The fourth-order valence-corrected chi connectivity index (χ4v) is 6.19. The number of nitrogens with one attached hydrogen (secondary N) is 3. The van der Waals surface area contributed by atoms with E-state index in [1.807, 2.05) is 84.2 Å². The normalized spacial score (nSPS) is 11.4. The van der Waals surface area contributed by atoms with Gasteiger partial charge in [-0.3, -0.25) is 9.59 Å². The molecule has 0 aliphatic rings. The number of carbonyl (C=O) groups is 2. The third-order valence-electron chi connectivity index (χ3n) is 6.11. The number of Topliss-reactive ketones (excluding diaryl/α,β-unsaturated/α-hetero) is 1. The van der Waals surface area contributed by atoms with Crippen molar-refractivity contribution in [3.8, 4) is 11.3 Å². The van der Waals surface area contributed by atoms with E-state index in [4.69, 9.17) is 23.8 Å². The van der Waals surface area contributed by atoms with E-state index < -0.39 is 5.25 Å². The molecule has 1 atom stereocenters. The number of thioether (sulfide) groups is 1. The number of carbonyl (C=O) groups excluding carboxylic acids is 2. The third kappa shape index (κ3) is 7.83. The van der Waals surface area contributed by atoms with Gasteiger partial charge >= 0.3 is 0 Å². The summed E-state index contributed by atoms with van der Waals surface area (Å²) in [5, 5.41) is 12.3. The maximum Gasteiger partial charge on any atom is 0.244 e. The number of nitrogens with zero attached hydrogens (tertiary/aromatic N) is 1. The Kier molecular flexibility index (Phi) is 9.66. The van der Waals surface area contributed by atoms with Crippen LogP contribution in [0.4, 0.5) is 16.5 Å². The quantitative estimate of drug-likeness (QED) is 0.0854. The fourth-order valence-electron chi connectivity index (χ4n) is 4.02. The number of thiocarbonyl (C=S) groups is 1. The van der Waals surface area contributed by atoms with Crippen molar-refractivity contribution in [2.45, 2.75) is 17.1 Å². The average molecular weight is 629 g/mol. The number of hydrogen-bond donors (Lipinski definition) is 3. The molecule has 10 heteroatoms. The monoisotopic (exact) mass is 628 g/mol. The summed E-state index contributed by atoms with van der Waals surface area (Å²) in [7, 11) is 0. The smallest absolute Gasteiger partial charge is 0.244 e. The first-order chi connectivity index (χ1) is 20.3. The third-order valence-corrected chi connectivity index (χ3v) is 8.57. The lowest BCUT2D eigenvalue weighted by molar-refractivity contribution is -0.115. The summed E-state index contributed by atoms with van der Waals surface area (Å²) in [5.74, 6) is -0.166. The van der Waals surface area contributed by atoms with Crippen molar-refractivity contribution in [3.05, 3.63) is 125 Å². The molecule has 0 fully saturated rings. The predicted molar refractivity (Wildman–Crippen MR) is 179 cm³/mol. The van der Waals surface area contributed by atoms with Crippen LogP contribution < -0.4 is 16.0 Å². The van der Waals surface area contributed by atoms with Gasteiger partial charge in [0.2, 0.25) is 5.91 Å². The highest BCUT2D eigenvalue weighted by Gasteiger charge is 2.23. The van der Waals surface area contributed by atoms with Gasteiger partial charge in [-0.2, -0.15) is 0 Å². The first kappa shape index (κ1) is 29.5. The van der Waals surface area contributed by atoms with Gasteiger partial charge in [0.25, 0.3) is 0 Å². The minimum atomic E-state index is -0.519. The van der Waals surface area contributed by atoms with Gasteiger partial charge in [0.15, 0.2) is 16.0 Å². The zero-order valence-corrected chi connectivity index (χ0v) is 25.5. The van der Waals surface area contributed by atoms with E-state index in [9.17, 15) is 9.59 Å². The Hall–Kier alpha value is -4.02. The first-order valence-corrected chi connectivity index (χ1v) is 15.4. The zero-order valence-electron chi connectivity index (χ0n) is 22.3. The van der Waals surface area contributed by atoms with Gasteiger partial charge < -0.3 is 16.0 Å². The second-order valence-electron chi connectivity index (χ2n) is 9.18. The van der Waals surface area contributed by atoms with Crippen molar-refractivity contribution in [2.24, 2.45) is 0 Å². The number of rotatable bonds is 9. The Morgan fingerprint density at radius 2 is 1.57 bits per heavy atom. The van der Waals surface area contributed by atoms with E-state index in [-0.39, 0.29) is 11.7 Å². The zero-order chi connectivity index (χ0) is 29.5. The van der Waals surface area contributed by atoms with Gasteiger partial charge in [-0.25, -0.2) is 4.98 Å². The van der Waals surface area contributed by atoms with Crippen LogP contribution in [0.5, 0.6) is 0 Å². The first-order valence-electron chi connectivity index (χ1n) is 12.9. The molecular formula is C32H25ClN4O2S3. The summed E-state index contributed by atoms with van der Waals surface area (Å²) in [4.78, 5) is 30.6. The van der Waals surface area contributed by atoms with Crippen LogP contribution in [0.3, 0.4) is 0 Å². The number of benzene rings is 4. The minimum absolute atomic E-state index is 0.00777. The van der Waals surface area contributed by atoms with Crippen LogP contribution in [-0.4, -0.2) is 21.8 Å². The Labute approximate surface area is 262 Å². The molecular weight excluding hydrogens is 604 g/mol. The molecule has 5 aromatic rings. The van der Waals surface area contributed by atoms with E-state index in [1.54, 1.807) is 24.3 Å². The number of ketones is 1. The van der Waals surface area contributed by atoms with Gasteiger partial charge in [0, 0.05) is 37.8 Å². The molecule has 3 N–H and O–H groups in total. The number of halogens is 1. The molecule has 4 aromatic carbocycles. The van der Waals surface area contributed by atoms with E-state index in [0.29, 0.717) is 20.8 Å². The highest BCUT2D eigenvalue weighted by Crippen LogP contribution is 2.38. The summed E-state index contributed by atoms with van der Waals surface area (Å²) in [5.41, 5.74) is 4.75. The fraction of sp³-hybridized carbons (Fsp3) is 0.0625. The van der Waals surface area contributed by atoms with Crippen LogP contribution in [0.15, 0.2) is 113 Å². The van der Waals surface area contributed by atoms with Gasteiger partial charge in [-0.05, 0) is 79.3 Å². The lowest BCUT2D eigenvalue weighted by Gasteiger charge is -2.17. The van der Waals surface area contributed by atoms with Crippen molar-refractivity contribution < 1.29 is 9.59 Å². The van der Waals surface area contributed by atoms with Crippen molar-refractivity contribution in [1.82, 2.24) is 4.98 Å². The van der Waals surface area contributed by atoms with Gasteiger partial charge in [-0.15, -0.1) is 23.1 Å². The summed E-state index contributed by atoms with van der Waals surface area (Å²) in [6.07, 6.45) is 0. The largest absolute Gasteiger partial charge is 0.332 e. The van der Waals surface area contributed by atoms with Crippen LogP contribution in [0.25, 0.3) is 11.3 Å². The molecule has 6 nitrogen and oxygen atoms in total. The Morgan fingerprint density at radius 3 is 2.29 bits per heavy atom. The summed E-state index contributed by atoms with van der Waals surface area (Å²) >= 11 is 14.3. The van der Waals surface area contributed by atoms with Gasteiger partial charge in [-0.1, -0.05) is 60.1 Å². The average Bonchev–Trinajstić information content (AvgIpc) is 3.45. The predicted octanol–water partition coefficient (Wildman–Crippen LogP) is 8.95. The molecule has 1 aromatic heterocycles. The second kappa shape index (κ2) is 13.8. The molecule has 210 valence electrons. The van der Waals surface area contributed by atoms with Crippen molar-refractivity contribution in [1.29, 1.82) is 0 Å². The molecule has 0 aliphatic carbocycles. The molecule has 0 spiro atoms. The highest BCUT2D eigenvalue weighted by molar-refractivity contribution is 8.00.